The lowest BCUT2D eigenvalue weighted by molar-refractivity contribution is -0.137. The number of carbonyl (C=O) groups is 2. The second-order valence-corrected chi connectivity index (χ2v) is 8.95. The Kier molecular flexibility index (Phi) is 4.72. The highest BCUT2D eigenvalue weighted by Gasteiger charge is 2.77. The molecule has 3 heterocycles. The fraction of sp³-hybridized carbons (Fsp3) is 0.619. The van der Waals surface area contributed by atoms with Gasteiger partial charge in [0.15, 0.2) is 0 Å². The van der Waals surface area contributed by atoms with Crippen LogP contribution in [0.3, 0.4) is 0 Å². The second kappa shape index (κ2) is 6.83. The van der Waals surface area contributed by atoms with Crippen LogP contribution in [0.5, 0.6) is 0 Å². The van der Waals surface area contributed by atoms with E-state index in [0.717, 1.165) is 38.0 Å². The molecular formula is C21H30N4O3. The summed E-state index contributed by atoms with van der Waals surface area (Å²) < 4.78 is 6.52. The Labute approximate surface area is 166 Å². The third-order valence-corrected chi connectivity index (χ3v) is 6.67. The first-order valence-corrected chi connectivity index (χ1v) is 10.0. The lowest BCUT2D eigenvalue weighted by Crippen LogP contribution is -2.60. The van der Waals surface area contributed by atoms with E-state index in [1.165, 1.54) is 0 Å². The van der Waals surface area contributed by atoms with Crippen LogP contribution < -0.4 is 16.4 Å². The van der Waals surface area contributed by atoms with Gasteiger partial charge in [-0.05, 0) is 70.6 Å². The van der Waals surface area contributed by atoms with E-state index in [4.69, 9.17) is 10.5 Å². The predicted molar refractivity (Wildman–Crippen MR) is 106 cm³/mol. The molecule has 28 heavy (non-hydrogen) atoms. The first-order valence-electron chi connectivity index (χ1n) is 10.0. The molecule has 4 aliphatic rings. The van der Waals surface area contributed by atoms with Crippen molar-refractivity contribution in [2.24, 2.45) is 11.1 Å². The number of hydrogen-bond donors (Lipinski definition) is 3. The molecule has 0 atom stereocenters. The number of primary amides is 1. The maximum Gasteiger partial charge on any atom is 0.251 e. The Balaban J connectivity index is 1.43. The zero-order valence-electron chi connectivity index (χ0n) is 16.7. The maximum absolute atomic E-state index is 12.7. The van der Waals surface area contributed by atoms with Crippen LogP contribution in [0.15, 0.2) is 24.3 Å². The van der Waals surface area contributed by atoms with Crippen molar-refractivity contribution >= 4 is 11.8 Å². The number of nitrogens with one attached hydrogen (secondary N) is 2. The first-order chi connectivity index (χ1) is 13.3. The van der Waals surface area contributed by atoms with Crippen molar-refractivity contribution < 1.29 is 14.3 Å². The molecule has 1 aliphatic carbocycles. The summed E-state index contributed by atoms with van der Waals surface area (Å²) in [6, 6.07) is 7.67. The Bertz CT molecular complexity index is 780. The van der Waals surface area contributed by atoms with Crippen LogP contribution in [0.2, 0.25) is 0 Å². The predicted octanol–water partition coefficient (Wildman–Crippen LogP) is 0.635. The Hall–Kier alpha value is -1.96. The summed E-state index contributed by atoms with van der Waals surface area (Å²) in [7, 11) is 4.00. The van der Waals surface area contributed by atoms with Crippen LogP contribution in [0.25, 0.3) is 0 Å². The van der Waals surface area contributed by atoms with E-state index in [9.17, 15) is 9.59 Å². The lowest BCUT2D eigenvalue weighted by Gasteiger charge is -2.47. The van der Waals surface area contributed by atoms with Crippen molar-refractivity contribution in [1.29, 1.82) is 0 Å². The molecule has 2 amide bonds. The summed E-state index contributed by atoms with van der Waals surface area (Å²) in [4.78, 5) is 27.1. The third-order valence-electron chi connectivity index (χ3n) is 6.67. The van der Waals surface area contributed by atoms with Crippen molar-refractivity contribution in [3.8, 4) is 0 Å². The molecule has 0 aromatic heterocycles. The normalized spacial score (nSPS) is 30.2. The van der Waals surface area contributed by atoms with Crippen molar-refractivity contribution in [2.75, 3.05) is 33.7 Å². The van der Waals surface area contributed by atoms with E-state index in [1.54, 1.807) is 0 Å². The molecule has 7 nitrogen and oxygen atoms in total. The van der Waals surface area contributed by atoms with E-state index >= 15 is 0 Å². The van der Waals surface area contributed by atoms with E-state index < -0.39 is 16.6 Å². The summed E-state index contributed by atoms with van der Waals surface area (Å²) in [6.07, 6.45) is 2.79. The molecule has 2 bridgehead atoms. The number of nitrogens with two attached hydrogens (primary N) is 1. The van der Waals surface area contributed by atoms with Gasteiger partial charge in [-0.1, -0.05) is 12.1 Å². The van der Waals surface area contributed by atoms with Gasteiger partial charge in [0.2, 0.25) is 5.91 Å². The molecule has 1 aromatic rings. The van der Waals surface area contributed by atoms with Crippen molar-refractivity contribution in [3.05, 3.63) is 35.4 Å². The minimum atomic E-state index is -0.578. The van der Waals surface area contributed by atoms with Gasteiger partial charge >= 0.3 is 0 Å². The van der Waals surface area contributed by atoms with Crippen LogP contribution in [0, 0.1) is 5.41 Å². The molecule has 1 aromatic carbocycles. The van der Waals surface area contributed by atoms with Gasteiger partial charge in [-0.25, -0.2) is 0 Å². The topological polar surface area (TPSA) is 96.7 Å². The third kappa shape index (κ3) is 3.02. The number of ether oxygens (including phenoxy) is 1. The molecule has 3 saturated heterocycles. The van der Waals surface area contributed by atoms with Crippen LogP contribution in [-0.2, 0) is 16.1 Å². The van der Waals surface area contributed by atoms with Crippen molar-refractivity contribution in [1.82, 2.24) is 15.5 Å². The van der Waals surface area contributed by atoms with Crippen molar-refractivity contribution in [3.63, 3.8) is 0 Å². The molecule has 0 radical (unpaired) electrons. The fourth-order valence-corrected chi connectivity index (χ4v) is 5.45. The number of benzene rings is 1. The Morgan fingerprint density at radius 3 is 2.61 bits per heavy atom. The molecule has 0 unspecified atom stereocenters. The summed E-state index contributed by atoms with van der Waals surface area (Å²) in [6.45, 7) is 2.85. The van der Waals surface area contributed by atoms with Gasteiger partial charge in [0.25, 0.3) is 5.91 Å². The highest BCUT2D eigenvalue weighted by molar-refractivity contribution is 5.94. The standard InChI is InChI=1S/C21H30N4O3/c1-25(2)11-15-4-3-5-16(10-15)17(26)24-14-19-12-20(13-19,18(22)27)21(28-19)6-8-23-9-7-21/h3-5,10,23H,6-9,11-14H2,1-2H3,(H2,22,27)(H,24,26). The molecule has 7 heteroatoms. The molecule has 3 aliphatic heterocycles. The molecule has 4 N–H and O–H groups in total. The molecular weight excluding hydrogens is 356 g/mol. The maximum atomic E-state index is 12.7. The number of hydrogen-bond acceptors (Lipinski definition) is 5. The van der Waals surface area contributed by atoms with Crippen LogP contribution in [0.4, 0.5) is 0 Å². The number of piperidine rings is 1. The van der Waals surface area contributed by atoms with E-state index in [1.807, 2.05) is 38.4 Å². The summed E-state index contributed by atoms with van der Waals surface area (Å²) in [5.74, 6) is -0.369. The van der Waals surface area contributed by atoms with Gasteiger partial charge in [0.05, 0.1) is 16.6 Å². The largest absolute Gasteiger partial charge is 0.369 e. The summed E-state index contributed by atoms with van der Waals surface area (Å²) in [5.41, 5.74) is 6.03. The lowest BCUT2D eigenvalue weighted by atomic mass is 9.53. The van der Waals surface area contributed by atoms with Gasteiger partial charge in [0, 0.05) is 18.7 Å². The Morgan fingerprint density at radius 1 is 1.25 bits per heavy atom. The SMILES string of the molecule is CN(C)Cc1cccc(C(=O)NCC23CC(C(N)=O)(C2)C2(CCNCC2)O3)c1. The zero-order valence-corrected chi connectivity index (χ0v) is 16.7. The molecule has 1 saturated carbocycles. The Morgan fingerprint density at radius 2 is 1.96 bits per heavy atom. The molecule has 1 spiro atoms. The highest BCUT2D eigenvalue weighted by Crippen LogP contribution is 2.68. The summed E-state index contributed by atoms with van der Waals surface area (Å²) >= 11 is 0. The zero-order chi connectivity index (χ0) is 20.0. The van der Waals surface area contributed by atoms with Crippen LogP contribution in [0.1, 0.15) is 41.6 Å². The minimum Gasteiger partial charge on any atom is -0.369 e. The molecule has 4 fully saturated rings. The summed E-state index contributed by atoms with van der Waals surface area (Å²) in [5, 5.41) is 6.36. The monoisotopic (exact) mass is 386 g/mol. The van der Waals surface area contributed by atoms with Gasteiger partial charge in [-0.3, -0.25) is 9.59 Å². The molecule has 5 rings (SSSR count). The smallest absolute Gasteiger partial charge is 0.251 e. The average molecular weight is 386 g/mol. The number of carbonyl (C=O) groups excluding carboxylic acids is 2. The second-order valence-electron chi connectivity index (χ2n) is 8.95. The average Bonchev–Trinajstić information content (AvgIpc) is 3.04. The minimum absolute atomic E-state index is 0.110. The van der Waals surface area contributed by atoms with Crippen LogP contribution in [-0.4, -0.2) is 61.6 Å². The van der Waals surface area contributed by atoms with Crippen molar-refractivity contribution in [2.45, 2.75) is 43.4 Å². The quantitative estimate of drug-likeness (QED) is 0.667. The molecule has 152 valence electrons. The highest BCUT2D eigenvalue weighted by atomic mass is 16.5. The van der Waals surface area contributed by atoms with Gasteiger partial charge in [-0.15, -0.1) is 0 Å². The first kappa shape index (κ1) is 19.4. The number of rotatable bonds is 6. The van der Waals surface area contributed by atoms with Crippen LogP contribution >= 0.6 is 0 Å². The van der Waals surface area contributed by atoms with E-state index in [-0.39, 0.29) is 11.8 Å². The van der Waals surface area contributed by atoms with Gasteiger partial charge in [-0.2, -0.15) is 0 Å². The van der Waals surface area contributed by atoms with Gasteiger partial charge in [0.1, 0.15) is 0 Å². The van der Waals surface area contributed by atoms with Gasteiger partial charge < -0.3 is 26.0 Å². The van der Waals surface area contributed by atoms with E-state index in [0.29, 0.717) is 24.9 Å². The number of nitrogens with zero attached hydrogens (tertiary/aromatic N) is 1. The van der Waals surface area contributed by atoms with E-state index in [2.05, 4.69) is 15.5 Å². The fourth-order valence-electron chi connectivity index (χ4n) is 5.45. The number of amides is 2.